The molecule has 20 heavy (non-hydrogen) atoms. The van der Waals surface area contributed by atoms with E-state index in [4.69, 9.17) is 9.47 Å². The predicted molar refractivity (Wildman–Crippen MR) is 74.3 cm³/mol. The van der Waals surface area contributed by atoms with E-state index in [1.807, 2.05) is 6.07 Å². The van der Waals surface area contributed by atoms with Crippen molar-refractivity contribution in [1.82, 2.24) is 5.01 Å². The zero-order chi connectivity index (χ0) is 14.9. The molecule has 0 fully saturated rings. The van der Waals surface area contributed by atoms with Gasteiger partial charge in [0.05, 0.1) is 26.0 Å². The van der Waals surface area contributed by atoms with Gasteiger partial charge in [-0.1, -0.05) is 6.07 Å². The van der Waals surface area contributed by atoms with Crippen molar-refractivity contribution in [1.29, 1.82) is 0 Å². The Kier molecular flexibility index (Phi) is 3.83. The van der Waals surface area contributed by atoms with Crippen molar-refractivity contribution in [3.8, 4) is 11.5 Å². The topological polar surface area (TPSA) is 71.4 Å². The molecule has 6 nitrogen and oxygen atoms in total. The summed E-state index contributed by atoms with van der Waals surface area (Å²) < 4.78 is 10.5. The quantitative estimate of drug-likeness (QED) is 0.908. The van der Waals surface area contributed by atoms with Gasteiger partial charge in [-0.3, -0.25) is 9.80 Å². The Bertz CT molecular complexity index is 556. The number of hydrogen-bond acceptors (Lipinski definition) is 5. The van der Waals surface area contributed by atoms with Gasteiger partial charge in [0.15, 0.2) is 11.5 Å². The molecule has 1 aromatic carbocycles. The van der Waals surface area contributed by atoms with Crippen LogP contribution in [0.5, 0.6) is 11.5 Å². The van der Waals surface area contributed by atoms with Crippen molar-refractivity contribution in [2.45, 2.75) is 13.0 Å². The molecule has 0 aromatic heterocycles. The van der Waals surface area contributed by atoms with E-state index in [2.05, 4.69) is 5.10 Å². The van der Waals surface area contributed by atoms with E-state index in [1.54, 1.807) is 45.3 Å². The summed E-state index contributed by atoms with van der Waals surface area (Å²) in [6.45, 7) is 1.73. The third-order valence-electron chi connectivity index (χ3n) is 3.50. The summed E-state index contributed by atoms with van der Waals surface area (Å²) in [6, 6.07) is 5.07. The number of benzene rings is 1. The fourth-order valence-corrected chi connectivity index (χ4v) is 2.58. The molecule has 2 unspecified atom stereocenters. The molecule has 1 N–H and O–H groups in total. The van der Waals surface area contributed by atoms with Crippen LogP contribution < -0.4 is 9.47 Å². The van der Waals surface area contributed by atoms with E-state index in [1.165, 1.54) is 0 Å². The minimum atomic E-state index is -0.879. The van der Waals surface area contributed by atoms with E-state index in [0.29, 0.717) is 17.2 Å². The third kappa shape index (κ3) is 2.29. The molecule has 0 amide bonds. The third-order valence-corrected chi connectivity index (χ3v) is 3.50. The van der Waals surface area contributed by atoms with E-state index in [9.17, 15) is 9.90 Å². The molecule has 0 aliphatic carbocycles. The minimum absolute atomic E-state index is 0.340. The lowest BCUT2D eigenvalue weighted by molar-refractivity contribution is -0.140. The molecule has 6 heteroatoms. The molecule has 2 rings (SSSR count). The van der Waals surface area contributed by atoms with Crippen LogP contribution in [-0.4, -0.2) is 43.1 Å². The highest BCUT2D eigenvalue weighted by molar-refractivity contribution is 6.02. The second-order valence-electron chi connectivity index (χ2n) is 4.69. The van der Waals surface area contributed by atoms with Crippen LogP contribution >= 0.6 is 0 Å². The molecule has 1 heterocycles. The Hall–Kier alpha value is -2.24. The number of methoxy groups -OCH3 is 2. The summed E-state index contributed by atoms with van der Waals surface area (Å²) in [5.41, 5.74) is 1.43. The van der Waals surface area contributed by atoms with Gasteiger partial charge in [0.2, 0.25) is 0 Å². The van der Waals surface area contributed by atoms with Gasteiger partial charge in [-0.25, -0.2) is 0 Å². The number of rotatable bonds is 4. The molecule has 1 aliphatic heterocycles. The molecule has 1 aromatic rings. The molecular formula is C14H18N2O4. The normalized spacial score (nSPS) is 21.6. The van der Waals surface area contributed by atoms with Crippen molar-refractivity contribution in [2.75, 3.05) is 21.3 Å². The highest BCUT2D eigenvalue weighted by Gasteiger charge is 2.39. The molecule has 0 saturated heterocycles. The lowest BCUT2D eigenvalue weighted by Gasteiger charge is -2.24. The van der Waals surface area contributed by atoms with Crippen LogP contribution in [0.2, 0.25) is 0 Å². The van der Waals surface area contributed by atoms with Crippen molar-refractivity contribution in [3.63, 3.8) is 0 Å². The molecule has 1 aliphatic rings. The fraction of sp³-hybridized carbons (Fsp3) is 0.429. The van der Waals surface area contributed by atoms with Crippen molar-refractivity contribution in [3.05, 3.63) is 23.8 Å². The first kappa shape index (κ1) is 14.2. The average molecular weight is 278 g/mol. The molecule has 2 atom stereocenters. The van der Waals surface area contributed by atoms with Crippen molar-refractivity contribution in [2.24, 2.45) is 11.0 Å². The monoisotopic (exact) mass is 278 g/mol. The lowest BCUT2D eigenvalue weighted by atomic mass is 9.90. The lowest BCUT2D eigenvalue weighted by Crippen LogP contribution is -2.28. The van der Waals surface area contributed by atoms with Crippen LogP contribution in [0.3, 0.4) is 0 Å². The Morgan fingerprint density at radius 2 is 1.95 bits per heavy atom. The maximum Gasteiger partial charge on any atom is 0.314 e. The summed E-state index contributed by atoms with van der Waals surface area (Å²) in [5, 5.41) is 15.3. The molecule has 0 radical (unpaired) electrons. The summed E-state index contributed by atoms with van der Waals surface area (Å²) >= 11 is 0. The van der Waals surface area contributed by atoms with Gasteiger partial charge < -0.3 is 14.6 Å². The second-order valence-corrected chi connectivity index (χ2v) is 4.69. The average Bonchev–Trinajstić information content (AvgIpc) is 2.72. The van der Waals surface area contributed by atoms with E-state index >= 15 is 0 Å². The fourth-order valence-electron chi connectivity index (χ4n) is 2.58. The molecule has 108 valence electrons. The molecular weight excluding hydrogens is 260 g/mol. The maximum atomic E-state index is 11.5. The first-order valence-electron chi connectivity index (χ1n) is 6.22. The zero-order valence-electron chi connectivity index (χ0n) is 12.0. The SMILES string of the molecule is COc1ccc(C2C(C(=O)O)C(C)=NN2C)cc1OC. The molecule has 0 bridgehead atoms. The Morgan fingerprint density at radius 1 is 1.30 bits per heavy atom. The number of carboxylic acid groups (broad SMARTS) is 1. The van der Waals surface area contributed by atoms with Gasteiger partial charge in [0.1, 0.15) is 5.92 Å². The standard InChI is InChI=1S/C14H18N2O4/c1-8-12(14(17)18)13(16(2)15-8)9-5-6-10(19-3)11(7-9)20-4/h5-7,12-13H,1-4H3,(H,17,18). The first-order chi connectivity index (χ1) is 9.49. The first-order valence-corrected chi connectivity index (χ1v) is 6.22. The van der Waals surface area contributed by atoms with Gasteiger partial charge in [-0.2, -0.15) is 5.10 Å². The van der Waals surface area contributed by atoms with E-state index < -0.39 is 11.9 Å². The smallest absolute Gasteiger partial charge is 0.314 e. The van der Waals surface area contributed by atoms with Gasteiger partial charge in [0.25, 0.3) is 0 Å². The van der Waals surface area contributed by atoms with Gasteiger partial charge in [-0.15, -0.1) is 0 Å². The number of hydrogen-bond donors (Lipinski definition) is 1. The zero-order valence-corrected chi connectivity index (χ0v) is 12.0. The molecule has 0 spiro atoms. The largest absolute Gasteiger partial charge is 0.493 e. The van der Waals surface area contributed by atoms with E-state index in [-0.39, 0.29) is 6.04 Å². The van der Waals surface area contributed by atoms with Crippen LogP contribution in [0.15, 0.2) is 23.3 Å². The van der Waals surface area contributed by atoms with Gasteiger partial charge in [0, 0.05) is 7.05 Å². The summed E-state index contributed by atoms with van der Waals surface area (Å²) in [6.07, 6.45) is 0. The maximum absolute atomic E-state index is 11.5. The number of carboxylic acids is 1. The van der Waals surface area contributed by atoms with Crippen LogP contribution in [0, 0.1) is 5.92 Å². The highest BCUT2D eigenvalue weighted by atomic mass is 16.5. The minimum Gasteiger partial charge on any atom is -0.493 e. The summed E-state index contributed by atoms with van der Waals surface area (Å²) in [7, 11) is 4.89. The second kappa shape index (κ2) is 5.40. The number of nitrogens with zero attached hydrogens (tertiary/aromatic N) is 2. The van der Waals surface area contributed by atoms with Crippen molar-refractivity contribution < 1.29 is 19.4 Å². The number of ether oxygens (including phenoxy) is 2. The number of aliphatic carboxylic acids is 1. The van der Waals surface area contributed by atoms with Gasteiger partial charge in [-0.05, 0) is 24.6 Å². The summed E-state index contributed by atoms with van der Waals surface area (Å²) in [5.74, 6) is -0.345. The van der Waals surface area contributed by atoms with Crippen LogP contribution in [0.25, 0.3) is 0 Å². The highest BCUT2D eigenvalue weighted by Crippen LogP contribution is 2.38. The van der Waals surface area contributed by atoms with Gasteiger partial charge >= 0.3 is 5.97 Å². The molecule has 0 saturated carbocycles. The number of hydrazone groups is 1. The van der Waals surface area contributed by atoms with Crippen LogP contribution in [0.1, 0.15) is 18.5 Å². The van der Waals surface area contributed by atoms with Crippen molar-refractivity contribution >= 4 is 11.7 Å². The summed E-state index contributed by atoms with van der Waals surface area (Å²) in [4.78, 5) is 11.5. The Labute approximate surface area is 117 Å². The van der Waals surface area contributed by atoms with Crippen LogP contribution in [-0.2, 0) is 4.79 Å². The number of carbonyl (C=O) groups is 1. The predicted octanol–water partition coefficient (Wildman–Crippen LogP) is 1.77. The Balaban J connectivity index is 2.42. The van der Waals surface area contributed by atoms with E-state index in [0.717, 1.165) is 5.56 Å². The van der Waals surface area contributed by atoms with Crippen LogP contribution in [0.4, 0.5) is 0 Å². The Morgan fingerprint density at radius 3 is 2.50 bits per heavy atom.